The van der Waals surface area contributed by atoms with E-state index in [4.69, 9.17) is 0 Å². The zero-order valence-corrected chi connectivity index (χ0v) is 18.1. The van der Waals surface area contributed by atoms with Crippen molar-refractivity contribution in [3.8, 4) is 0 Å². The smallest absolute Gasteiger partial charge is 0.279 e. The minimum Gasteiger partial charge on any atom is -0.355 e. The fourth-order valence-corrected chi connectivity index (χ4v) is 7.11. The Hall–Kier alpha value is -1.89. The fourth-order valence-electron chi connectivity index (χ4n) is 6.10. The Balaban J connectivity index is 1.20. The average molecular weight is 418 g/mol. The van der Waals surface area contributed by atoms with Gasteiger partial charge in [0.05, 0.1) is 4.88 Å². The molecule has 29 heavy (non-hydrogen) atoms. The number of hydrazine groups is 1. The summed E-state index contributed by atoms with van der Waals surface area (Å²) in [5.74, 6) is 1.70. The van der Waals surface area contributed by atoms with E-state index in [1.54, 1.807) is 0 Å². The first-order chi connectivity index (χ1) is 13.9. The third kappa shape index (κ3) is 4.20. The normalized spacial score (nSPS) is 29.5. The van der Waals surface area contributed by atoms with E-state index in [-0.39, 0.29) is 29.6 Å². The summed E-state index contributed by atoms with van der Waals surface area (Å²) < 4.78 is 0. The molecule has 1 aromatic rings. The molecule has 0 spiro atoms. The maximum absolute atomic E-state index is 12.9. The Morgan fingerprint density at radius 1 is 1.07 bits per heavy atom. The number of carbonyl (C=O) groups excluding carboxylic acids is 3. The topological polar surface area (TPSA) is 87.3 Å². The summed E-state index contributed by atoms with van der Waals surface area (Å²) >= 11 is 1.45. The SMILES string of the molecule is CCc1sc(C(=O)NNC(=O)CCNC(=O)C23CC4CC(CC(C4)C2)C3)cc1C. The lowest BCUT2D eigenvalue weighted by Crippen LogP contribution is -2.54. The Morgan fingerprint density at radius 3 is 2.24 bits per heavy atom. The second-order valence-corrected chi connectivity index (χ2v) is 10.4. The molecule has 1 heterocycles. The van der Waals surface area contributed by atoms with Crippen LogP contribution in [0, 0.1) is 30.1 Å². The van der Waals surface area contributed by atoms with E-state index in [2.05, 4.69) is 23.1 Å². The first-order valence-corrected chi connectivity index (χ1v) is 11.7. The van der Waals surface area contributed by atoms with Gasteiger partial charge in [-0.2, -0.15) is 0 Å². The lowest BCUT2D eigenvalue weighted by atomic mass is 9.49. The van der Waals surface area contributed by atoms with Gasteiger partial charge in [0.15, 0.2) is 0 Å². The first-order valence-electron chi connectivity index (χ1n) is 10.9. The maximum atomic E-state index is 12.9. The van der Waals surface area contributed by atoms with Gasteiger partial charge in [-0.25, -0.2) is 0 Å². The number of amides is 3. The summed E-state index contributed by atoms with van der Waals surface area (Å²) in [5.41, 5.74) is 5.83. The molecule has 0 unspecified atom stereocenters. The van der Waals surface area contributed by atoms with Crippen molar-refractivity contribution in [1.29, 1.82) is 0 Å². The van der Waals surface area contributed by atoms with Gasteiger partial charge in [0.1, 0.15) is 0 Å². The Labute approximate surface area is 176 Å². The number of nitrogens with one attached hydrogen (secondary N) is 3. The lowest BCUT2D eigenvalue weighted by Gasteiger charge is -2.55. The van der Waals surface area contributed by atoms with Crippen LogP contribution in [0.15, 0.2) is 6.07 Å². The highest BCUT2D eigenvalue weighted by molar-refractivity contribution is 7.14. The molecule has 7 heteroatoms. The van der Waals surface area contributed by atoms with Crippen LogP contribution < -0.4 is 16.2 Å². The van der Waals surface area contributed by atoms with Gasteiger partial charge in [-0.1, -0.05) is 6.92 Å². The van der Waals surface area contributed by atoms with Crippen molar-refractivity contribution >= 4 is 29.1 Å². The molecule has 4 aliphatic rings. The average Bonchev–Trinajstić information content (AvgIpc) is 3.06. The van der Waals surface area contributed by atoms with Crippen molar-refractivity contribution in [2.45, 2.75) is 65.2 Å². The summed E-state index contributed by atoms with van der Waals surface area (Å²) in [6.45, 7) is 4.34. The van der Waals surface area contributed by atoms with Crippen LogP contribution in [0.25, 0.3) is 0 Å². The highest BCUT2D eigenvalue weighted by atomic mass is 32.1. The number of carbonyl (C=O) groups is 3. The van der Waals surface area contributed by atoms with Gasteiger partial charge in [-0.05, 0) is 81.3 Å². The van der Waals surface area contributed by atoms with Gasteiger partial charge < -0.3 is 5.32 Å². The van der Waals surface area contributed by atoms with Gasteiger partial charge in [0.25, 0.3) is 5.91 Å². The predicted molar refractivity (Wildman–Crippen MR) is 112 cm³/mol. The molecule has 4 saturated carbocycles. The van der Waals surface area contributed by atoms with Gasteiger partial charge >= 0.3 is 0 Å². The second kappa shape index (κ2) is 8.09. The van der Waals surface area contributed by atoms with Crippen LogP contribution in [0.1, 0.15) is 72.0 Å². The van der Waals surface area contributed by atoms with Crippen LogP contribution in [-0.2, 0) is 16.0 Å². The summed E-state index contributed by atoms with van der Waals surface area (Å²) in [4.78, 5) is 38.9. The molecule has 0 radical (unpaired) electrons. The van der Waals surface area contributed by atoms with E-state index in [0.29, 0.717) is 11.4 Å². The minimum absolute atomic E-state index is 0.134. The van der Waals surface area contributed by atoms with E-state index >= 15 is 0 Å². The second-order valence-electron chi connectivity index (χ2n) is 9.28. The fraction of sp³-hybridized carbons (Fsp3) is 0.682. The lowest BCUT2D eigenvalue weighted by molar-refractivity contribution is -0.146. The van der Waals surface area contributed by atoms with Crippen LogP contribution in [0.5, 0.6) is 0 Å². The minimum atomic E-state index is -0.302. The highest BCUT2D eigenvalue weighted by Gasteiger charge is 2.54. The number of rotatable bonds is 6. The quantitative estimate of drug-likeness (QED) is 0.622. The van der Waals surface area contributed by atoms with Crippen LogP contribution in [0.3, 0.4) is 0 Å². The number of aryl methyl sites for hydroxylation is 2. The first kappa shape index (κ1) is 20.4. The van der Waals surface area contributed by atoms with Gasteiger partial charge in [0.2, 0.25) is 11.8 Å². The molecular weight excluding hydrogens is 386 g/mol. The molecule has 0 atom stereocenters. The molecule has 4 bridgehead atoms. The molecule has 4 fully saturated rings. The Bertz CT molecular complexity index is 781. The van der Waals surface area contributed by atoms with Crippen LogP contribution in [-0.4, -0.2) is 24.3 Å². The predicted octanol–water partition coefficient (Wildman–Crippen LogP) is 3.10. The van der Waals surface area contributed by atoms with Crippen LogP contribution in [0.4, 0.5) is 0 Å². The van der Waals surface area contributed by atoms with E-state index in [1.165, 1.54) is 35.5 Å². The molecule has 3 N–H and O–H groups in total. The van der Waals surface area contributed by atoms with E-state index in [9.17, 15) is 14.4 Å². The Morgan fingerprint density at radius 2 is 1.69 bits per heavy atom. The van der Waals surface area contributed by atoms with Crippen molar-refractivity contribution in [2.24, 2.45) is 23.2 Å². The Kier molecular flexibility index (Phi) is 5.69. The molecule has 0 aromatic carbocycles. The summed E-state index contributed by atoms with van der Waals surface area (Å²) in [5, 5.41) is 3.00. The van der Waals surface area contributed by atoms with Crippen molar-refractivity contribution in [1.82, 2.24) is 16.2 Å². The molecular formula is C22H31N3O3S. The molecule has 0 saturated heterocycles. The molecule has 5 rings (SSSR count). The molecule has 1 aromatic heterocycles. The number of thiophene rings is 1. The standard InChI is InChI=1S/C22H31N3O3S/c1-3-17-13(2)6-18(29-17)20(27)25-24-19(26)4-5-23-21(28)22-10-14-7-15(11-22)9-16(8-14)12-22/h6,14-16H,3-5,7-12H2,1-2H3,(H,23,28)(H,24,26)(H,25,27). The summed E-state index contributed by atoms with van der Waals surface area (Å²) in [6.07, 6.45) is 8.02. The highest BCUT2D eigenvalue weighted by Crippen LogP contribution is 2.60. The monoisotopic (exact) mass is 417 g/mol. The summed E-state index contributed by atoms with van der Waals surface area (Å²) in [6, 6.07) is 1.84. The molecule has 0 aliphatic heterocycles. The molecule has 4 aliphatic carbocycles. The molecule has 158 valence electrons. The zero-order valence-electron chi connectivity index (χ0n) is 17.3. The largest absolute Gasteiger partial charge is 0.355 e. The van der Waals surface area contributed by atoms with E-state index < -0.39 is 0 Å². The van der Waals surface area contributed by atoms with Gasteiger partial charge in [-0.15, -0.1) is 11.3 Å². The van der Waals surface area contributed by atoms with Crippen molar-refractivity contribution < 1.29 is 14.4 Å². The van der Waals surface area contributed by atoms with E-state index in [0.717, 1.165) is 49.0 Å². The van der Waals surface area contributed by atoms with E-state index in [1.807, 2.05) is 13.0 Å². The third-order valence-corrected chi connectivity index (χ3v) is 8.42. The molecule has 6 nitrogen and oxygen atoms in total. The zero-order chi connectivity index (χ0) is 20.6. The maximum Gasteiger partial charge on any atom is 0.279 e. The van der Waals surface area contributed by atoms with Crippen molar-refractivity contribution in [2.75, 3.05) is 6.54 Å². The number of hydrogen-bond acceptors (Lipinski definition) is 4. The van der Waals surface area contributed by atoms with Crippen LogP contribution >= 0.6 is 11.3 Å². The summed E-state index contributed by atoms with van der Waals surface area (Å²) in [7, 11) is 0. The molecule has 3 amide bonds. The number of hydrogen-bond donors (Lipinski definition) is 3. The van der Waals surface area contributed by atoms with Crippen LogP contribution in [0.2, 0.25) is 0 Å². The van der Waals surface area contributed by atoms with Gasteiger partial charge in [-0.3, -0.25) is 25.2 Å². The third-order valence-electron chi connectivity index (χ3n) is 7.04. The van der Waals surface area contributed by atoms with Gasteiger partial charge in [0, 0.05) is 23.3 Å². The van der Waals surface area contributed by atoms with Crippen molar-refractivity contribution in [3.63, 3.8) is 0 Å². The van der Waals surface area contributed by atoms with Crippen molar-refractivity contribution in [3.05, 3.63) is 21.4 Å².